The predicted molar refractivity (Wildman–Crippen MR) is 163 cm³/mol. The van der Waals surface area contributed by atoms with Crippen molar-refractivity contribution in [1.29, 1.82) is 0 Å². The summed E-state index contributed by atoms with van der Waals surface area (Å²) in [5.41, 5.74) is 1.49. The molecule has 0 aliphatic carbocycles. The monoisotopic (exact) mass is 578 g/mol. The molecule has 3 rings (SSSR count). The average molecular weight is 579 g/mol. The smallest absolute Gasteiger partial charge is 0.228 e. The van der Waals surface area contributed by atoms with E-state index in [1.54, 1.807) is 35.5 Å². The highest BCUT2D eigenvalue weighted by Crippen LogP contribution is 2.34. The number of hydrogen-bond acceptors (Lipinski definition) is 13. The maximum Gasteiger partial charge on any atom is 0.228 e. The summed E-state index contributed by atoms with van der Waals surface area (Å²) in [5, 5.41) is 0. The molecule has 0 unspecified atom stereocenters. The summed E-state index contributed by atoms with van der Waals surface area (Å²) < 4.78 is 27.3. The number of nitrogens with zero attached hydrogens (tertiary/aromatic N) is 8. The van der Waals surface area contributed by atoms with Crippen LogP contribution in [0, 0.1) is 0 Å². The van der Waals surface area contributed by atoms with Gasteiger partial charge in [0.2, 0.25) is 11.9 Å². The number of ether oxygens (including phenoxy) is 5. The zero-order valence-corrected chi connectivity index (χ0v) is 26.1. The molecule has 0 radical (unpaired) electrons. The molecule has 41 heavy (non-hydrogen) atoms. The van der Waals surface area contributed by atoms with Crippen molar-refractivity contribution in [2.45, 2.75) is 32.8 Å². The normalized spacial score (nSPS) is 14.2. The van der Waals surface area contributed by atoms with Crippen LogP contribution in [0.1, 0.15) is 26.7 Å². The SMILES string of the molecule is CCN(CC)c1nc(N(CCOC)CCOC)nc2c(N3CCC(OC)CC3)nc(N(CCOC)CCOC)nc12. The molecule has 0 bridgehead atoms. The highest BCUT2D eigenvalue weighted by molar-refractivity contribution is 5.95. The third kappa shape index (κ3) is 8.71. The Morgan fingerprint density at radius 2 is 1.10 bits per heavy atom. The Balaban J connectivity index is 2.26. The van der Waals surface area contributed by atoms with Gasteiger partial charge in [-0.3, -0.25) is 0 Å². The largest absolute Gasteiger partial charge is 0.383 e. The molecule has 13 heteroatoms. The molecule has 1 aliphatic heterocycles. The van der Waals surface area contributed by atoms with E-state index in [0.29, 0.717) is 64.5 Å². The van der Waals surface area contributed by atoms with E-state index >= 15 is 0 Å². The summed E-state index contributed by atoms with van der Waals surface area (Å²) in [6.45, 7) is 12.2. The molecule has 1 fully saturated rings. The minimum Gasteiger partial charge on any atom is -0.383 e. The van der Waals surface area contributed by atoms with Crippen molar-refractivity contribution < 1.29 is 23.7 Å². The highest BCUT2D eigenvalue weighted by Gasteiger charge is 2.28. The third-order valence-corrected chi connectivity index (χ3v) is 7.45. The molecule has 0 amide bonds. The van der Waals surface area contributed by atoms with Gasteiger partial charge in [0, 0.05) is 87.9 Å². The molecule has 1 saturated heterocycles. The van der Waals surface area contributed by atoms with Gasteiger partial charge in [0.25, 0.3) is 0 Å². The van der Waals surface area contributed by atoms with Crippen LogP contribution in [0.4, 0.5) is 23.5 Å². The van der Waals surface area contributed by atoms with Gasteiger partial charge >= 0.3 is 0 Å². The molecule has 3 heterocycles. The van der Waals surface area contributed by atoms with Gasteiger partial charge in [-0.05, 0) is 26.7 Å². The average Bonchev–Trinajstić information content (AvgIpc) is 3.01. The van der Waals surface area contributed by atoms with Crippen molar-refractivity contribution in [2.75, 3.05) is 134 Å². The minimum absolute atomic E-state index is 0.244. The Kier molecular flexibility index (Phi) is 14.0. The Morgan fingerprint density at radius 3 is 1.54 bits per heavy atom. The van der Waals surface area contributed by atoms with Crippen molar-refractivity contribution in [3.05, 3.63) is 0 Å². The second-order valence-electron chi connectivity index (χ2n) is 9.93. The Bertz CT molecular complexity index is 1020. The van der Waals surface area contributed by atoms with Crippen LogP contribution in [0.2, 0.25) is 0 Å². The standard InChI is InChI=1S/C28H50N8O5/c1-8-33(9-2)25-23-24(30-27(31-25)35(14-18-37-3)15-19-38-4)26(34-12-10-22(41-7)11-13-34)32-28(29-23)36(16-20-39-5)17-21-40-6/h22H,8-21H2,1-7H3. The predicted octanol–water partition coefficient (Wildman–Crippen LogP) is 2.08. The first-order valence-corrected chi connectivity index (χ1v) is 14.6. The molecule has 2 aromatic rings. The fraction of sp³-hybridized carbons (Fsp3) is 0.786. The van der Waals surface area contributed by atoms with E-state index in [4.69, 9.17) is 43.6 Å². The molecule has 0 N–H and O–H groups in total. The molecule has 0 aromatic carbocycles. The second-order valence-corrected chi connectivity index (χ2v) is 9.93. The van der Waals surface area contributed by atoms with Crippen LogP contribution in [0.25, 0.3) is 11.0 Å². The maximum absolute atomic E-state index is 5.66. The van der Waals surface area contributed by atoms with Gasteiger partial charge < -0.3 is 43.3 Å². The molecule has 0 saturated carbocycles. The van der Waals surface area contributed by atoms with Crippen molar-refractivity contribution in [1.82, 2.24) is 19.9 Å². The van der Waals surface area contributed by atoms with E-state index in [-0.39, 0.29) is 6.10 Å². The molecular formula is C28H50N8O5. The summed E-state index contributed by atoms with van der Waals surface area (Å²) in [4.78, 5) is 29.3. The van der Waals surface area contributed by atoms with Crippen molar-refractivity contribution >= 4 is 34.6 Å². The molecule has 1 aliphatic rings. The fourth-order valence-corrected chi connectivity index (χ4v) is 4.94. The zero-order valence-electron chi connectivity index (χ0n) is 26.1. The van der Waals surface area contributed by atoms with Gasteiger partial charge in [-0.1, -0.05) is 0 Å². The van der Waals surface area contributed by atoms with Gasteiger partial charge in [0.1, 0.15) is 11.0 Å². The summed E-state index contributed by atoms with van der Waals surface area (Å²) in [7, 11) is 8.59. The number of aromatic nitrogens is 4. The summed E-state index contributed by atoms with van der Waals surface area (Å²) in [5.74, 6) is 2.85. The van der Waals surface area contributed by atoms with Gasteiger partial charge in [0.15, 0.2) is 11.6 Å². The van der Waals surface area contributed by atoms with Crippen molar-refractivity contribution in [3.63, 3.8) is 0 Å². The number of fused-ring (bicyclic) bond motifs is 1. The summed E-state index contributed by atoms with van der Waals surface area (Å²) in [6.07, 6.45) is 2.08. The fourth-order valence-electron chi connectivity index (χ4n) is 4.94. The van der Waals surface area contributed by atoms with Crippen LogP contribution in [0.5, 0.6) is 0 Å². The lowest BCUT2D eigenvalue weighted by Crippen LogP contribution is -2.38. The van der Waals surface area contributed by atoms with Crippen LogP contribution in [-0.4, -0.2) is 140 Å². The lowest BCUT2D eigenvalue weighted by molar-refractivity contribution is 0.0818. The van der Waals surface area contributed by atoms with Crippen LogP contribution in [-0.2, 0) is 23.7 Å². The molecule has 0 spiro atoms. The number of methoxy groups -OCH3 is 5. The highest BCUT2D eigenvalue weighted by atomic mass is 16.5. The lowest BCUT2D eigenvalue weighted by atomic mass is 10.1. The van der Waals surface area contributed by atoms with Crippen molar-refractivity contribution in [2.24, 2.45) is 0 Å². The van der Waals surface area contributed by atoms with Crippen molar-refractivity contribution in [3.8, 4) is 0 Å². The van der Waals surface area contributed by atoms with Gasteiger partial charge in [0.05, 0.1) is 32.5 Å². The molecule has 0 atom stereocenters. The topological polar surface area (TPSA) is 111 Å². The summed E-state index contributed by atoms with van der Waals surface area (Å²) in [6, 6.07) is 0. The van der Waals surface area contributed by atoms with Gasteiger partial charge in [-0.15, -0.1) is 0 Å². The lowest BCUT2D eigenvalue weighted by Gasteiger charge is -2.34. The molecule has 2 aromatic heterocycles. The summed E-state index contributed by atoms with van der Waals surface area (Å²) >= 11 is 0. The minimum atomic E-state index is 0.244. The van der Waals surface area contributed by atoms with Crippen LogP contribution < -0.4 is 19.6 Å². The van der Waals surface area contributed by atoms with Crippen LogP contribution in [0.3, 0.4) is 0 Å². The Hall–Kier alpha value is -2.58. The first kappa shape index (κ1) is 32.9. The number of anilines is 4. The van der Waals surface area contributed by atoms with E-state index in [9.17, 15) is 0 Å². The molecule has 13 nitrogen and oxygen atoms in total. The first-order chi connectivity index (χ1) is 20.0. The third-order valence-electron chi connectivity index (χ3n) is 7.45. The Morgan fingerprint density at radius 1 is 0.634 bits per heavy atom. The van der Waals surface area contributed by atoms with Crippen LogP contribution >= 0.6 is 0 Å². The van der Waals surface area contributed by atoms with Gasteiger partial charge in [-0.25, -0.2) is 9.97 Å². The van der Waals surface area contributed by atoms with Gasteiger partial charge in [-0.2, -0.15) is 9.97 Å². The molecular weight excluding hydrogens is 528 g/mol. The van der Waals surface area contributed by atoms with E-state index in [2.05, 4.69) is 33.4 Å². The maximum atomic E-state index is 5.66. The van der Waals surface area contributed by atoms with Crippen LogP contribution in [0.15, 0.2) is 0 Å². The first-order valence-electron chi connectivity index (χ1n) is 14.6. The number of rotatable bonds is 19. The Labute approximate surface area is 245 Å². The van der Waals surface area contributed by atoms with E-state index in [1.807, 2.05) is 0 Å². The second kappa shape index (κ2) is 17.4. The van der Waals surface area contributed by atoms with E-state index in [0.717, 1.165) is 61.7 Å². The van der Waals surface area contributed by atoms with E-state index < -0.39 is 0 Å². The number of piperidine rings is 1. The number of hydrogen-bond donors (Lipinski definition) is 0. The zero-order chi connectivity index (χ0) is 29.6. The quantitative estimate of drug-likeness (QED) is 0.243. The van der Waals surface area contributed by atoms with E-state index in [1.165, 1.54) is 0 Å². The molecule has 232 valence electrons.